The zero-order valence-corrected chi connectivity index (χ0v) is 19.1. The molecule has 152 valence electrons. The Kier molecular flexibility index (Phi) is 5.27. The fraction of sp³-hybridized carbons (Fsp3) is 0.464. The first kappa shape index (κ1) is 20.1. The number of pyridine rings is 1. The van der Waals surface area contributed by atoms with E-state index in [9.17, 15) is 0 Å². The van der Waals surface area contributed by atoms with Crippen LogP contribution in [0.1, 0.15) is 81.2 Å². The average molecular weight is 387 g/mol. The Hall–Kier alpha value is -2.15. The highest BCUT2D eigenvalue weighted by Gasteiger charge is 2.23. The molecule has 1 nitrogen and oxygen atoms in total. The van der Waals surface area contributed by atoms with Gasteiger partial charge in [-0.15, -0.1) is 0 Å². The zero-order chi connectivity index (χ0) is 20.8. The quantitative estimate of drug-likeness (QED) is 0.407. The molecule has 1 fully saturated rings. The smallest absolute Gasteiger partial charge is 0.198 e. The predicted molar refractivity (Wildman–Crippen MR) is 125 cm³/mol. The van der Waals surface area contributed by atoms with Gasteiger partial charge >= 0.3 is 0 Å². The fourth-order valence-corrected chi connectivity index (χ4v) is 4.95. The molecule has 0 amide bonds. The van der Waals surface area contributed by atoms with Gasteiger partial charge in [-0.05, 0) is 65.3 Å². The van der Waals surface area contributed by atoms with Crippen molar-refractivity contribution in [2.45, 2.75) is 78.1 Å². The SMILES string of the molecule is Cc1ccc(C2CCCCC2)cc1-c1c2ccc(C(C)(C)C)cc2cc(C)[n+]1C. The van der Waals surface area contributed by atoms with Crippen LogP contribution in [-0.2, 0) is 12.5 Å². The van der Waals surface area contributed by atoms with E-state index in [4.69, 9.17) is 0 Å². The Morgan fingerprint density at radius 2 is 1.59 bits per heavy atom. The molecule has 1 aromatic heterocycles. The summed E-state index contributed by atoms with van der Waals surface area (Å²) < 4.78 is 2.38. The van der Waals surface area contributed by atoms with Crippen molar-refractivity contribution in [2.75, 3.05) is 0 Å². The van der Waals surface area contributed by atoms with Crippen LogP contribution < -0.4 is 4.57 Å². The molecular formula is C28H36N+. The summed E-state index contributed by atoms with van der Waals surface area (Å²) in [4.78, 5) is 0. The molecule has 2 aromatic carbocycles. The summed E-state index contributed by atoms with van der Waals surface area (Å²) in [5, 5.41) is 2.71. The third-order valence-corrected chi connectivity index (χ3v) is 6.99. The van der Waals surface area contributed by atoms with Crippen LogP contribution in [0.2, 0.25) is 0 Å². The Balaban J connectivity index is 1.92. The van der Waals surface area contributed by atoms with Crippen molar-refractivity contribution < 1.29 is 4.57 Å². The number of benzene rings is 2. The van der Waals surface area contributed by atoms with Crippen molar-refractivity contribution in [3.63, 3.8) is 0 Å². The maximum absolute atomic E-state index is 2.50. The van der Waals surface area contributed by atoms with Crippen LogP contribution >= 0.6 is 0 Å². The first-order chi connectivity index (χ1) is 13.8. The van der Waals surface area contributed by atoms with E-state index in [1.807, 2.05) is 0 Å². The summed E-state index contributed by atoms with van der Waals surface area (Å²) in [5.41, 5.74) is 8.52. The summed E-state index contributed by atoms with van der Waals surface area (Å²) in [6.07, 6.45) is 6.86. The lowest BCUT2D eigenvalue weighted by atomic mass is 9.82. The summed E-state index contributed by atoms with van der Waals surface area (Å²) in [7, 11) is 2.22. The minimum Gasteiger partial charge on any atom is -0.198 e. The van der Waals surface area contributed by atoms with Gasteiger partial charge in [0.2, 0.25) is 5.69 Å². The van der Waals surface area contributed by atoms with Gasteiger partial charge in [0.05, 0.1) is 5.39 Å². The Bertz CT molecular complexity index is 1050. The molecule has 1 aliphatic carbocycles. The van der Waals surface area contributed by atoms with Crippen LogP contribution in [0.25, 0.3) is 22.0 Å². The molecule has 4 rings (SSSR count). The van der Waals surface area contributed by atoms with E-state index in [0.717, 1.165) is 5.92 Å². The second kappa shape index (κ2) is 7.59. The van der Waals surface area contributed by atoms with E-state index in [1.165, 1.54) is 76.5 Å². The number of aryl methyl sites for hydroxylation is 2. The molecule has 1 aliphatic rings. The molecule has 0 aliphatic heterocycles. The highest BCUT2D eigenvalue weighted by molar-refractivity contribution is 5.94. The van der Waals surface area contributed by atoms with Gasteiger partial charge in [0.1, 0.15) is 7.05 Å². The molecule has 0 atom stereocenters. The fourth-order valence-electron chi connectivity index (χ4n) is 4.95. The highest BCUT2D eigenvalue weighted by Crippen LogP contribution is 2.37. The number of nitrogens with zero attached hydrogens (tertiary/aromatic N) is 1. The molecule has 0 radical (unpaired) electrons. The van der Waals surface area contributed by atoms with Gasteiger partial charge in [-0.2, -0.15) is 4.57 Å². The number of hydrogen-bond donors (Lipinski definition) is 0. The molecule has 3 aromatic rings. The van der Waals surface area contributed by atoms with Crippen molar-refractivity contribution >= 4 is 10.8 Å². The second-order valence-electron chi connectivity index (χ2n) is 10.2. The lowest BCUT2D eigenvalue weighted by Gasteiger charge is -2.23. The topological polar surface area (TPSA) is 3.88 Å². The molecule has 0 saturated heterocycles. The molecule has 29 heavy (non-hydrogen) atoms. The molecule has 1 heterocycles. The molecule has 0 unspecified atom stereocenters. The van der Waals surface area contributed by atoms with Crippen molar-refractivity contribution in [1.29, 1.82) is 0 Å². The molecule has 0 N–H and O–H groups in total. The summed E-state index contributed by atoms with van der Waals surface area (Å²) in [6.45, 7) is 11.4. The van der Waals surface area contributed by atoms with Crippen LogP contribution in [0.4, 0.5) is 0 Å². The van der Waals surface area contributed by atoms with Crippen molar-refractivity contribution in [2.24, 2.45) is 7.05 Å². The summed E-state index contributed by atoms with van der Waals surface area (Å²) >= 11 is 0. The van der Waals surface area contributed by atoms with Crippen molar-refractivity contribution in [3.8, 4) is 11.3 Å². The van der Waals surface area contributed by atoms with Gasteiger partial charge in [0, 0.05) is 18.6 Å². The van der Waals surface area contributed by atoms with Crippen molar-refractivity contribution in [3.05, 3.63) is 64.8 Å². The number of aromatic nitrogens is 1. The van der Waals surface area contributed by atoms with Gasteiger partial charge in [-0.1, -0.05) is 64.3 Å². The predicted octanol–water partition coefficient (Wildman–Crippen LogP) is 7.29. The molecule has 0 spiro atoms. The number of rotatable bonds is 2. The first-order valence-corrected chi connectivity index (χ1v) is 11.3. The van der Waals surface area contributed by atoms with Crippen LogP contribution in [0, 0.1) is 13.8 Å². The number of fused-ring (bicyclic) bond motifs is 1. The van der Waals surface area contributed by atoms with Gasteiger partial charge in [-0.25, -0.2) is 0 Å². The minimum absolute atomic E-state index is 0.164. The Morgan fingerprint density at radius 3 is 2.28 bits per heavy atom. The van der Waals surface area contributed by atoms with E-state index >= 15 is 0 Å². The van der Waals surface area contributed by atoms with Gasteiger partial charge in [0.25, 0.3) is 0 Å². The lowest BCUT2D eigenvalue weighted by Crippen LogP contribution is -2.35. The lowest BCUT2D eigenvalue weighted by molar-refractivity contribution is -0.665. The first-order valence-electron chi connectivity index (χ1n) is 11.3. The standard InChI is InChI=1S/C28H36N/c1-19-12-13-22(21-10-8-7-9-11-21)18-26(19)27-25-15-14-24(28(3,4)5)17-23(25)16-20(2)29(27)6/h12-18,21H,7-11H2,1-6H3/q+1. The van der Waals surface area contributed by atoms with E-state index in [-0.39, 0.29) is 5.41 Å². The van der Waals surface area contributed by atoms with Crippen LogP contribution in [0.5, 0.6) is 0 Å². The maximum atomic E-state index is 2.50. The highest BCUT2D eigenvalue weighted by atomic mass is 14.9. The summed E-state index contributed by atoms with van der Waals surface area (Å²) in [5.74, 6) is 0.733. The van der Waals surface area contributed by atoms with Crippen molar-refractivity contribution in [1.82, 2.24) is 0 Å². The minimum atomic E-state index is 0.164. The normalized spacial score (nSPS) is 15.8. The van der Waals surface area contributed by atoms with Gasteiger partial charge in [0.15, 0.2) is 5.69 Å². The van der Waals surface area contributed by atoms with Crippen LogP contribution in [0.3, 0.4) is 0 Å². The van der Waals surface area contributed by atoms with Gasteiger partial charge < -0.3 is 0 Å². The second-order valence-corrected chi connectivity index (χ2v) is 10.2. The summed E-state index contributed by atoms with van der Waals surface area (Å²) in [6, 6.07) is 16.6. The van der Waals surface area contributed by atoms with E-state index in [0.29, 0.717) is 0 Å². The van der Waals surface area contributed by atoms with Crippen LogP contribution in [-0.4, -0.2) is 0 Å². The third-order valence-electron chi connectivity index (χ3n) is 6.99. The molecule has 1 heteroatoms. The van der Waals surface area contributed by atoms with E-state index < -0.39 is 0 Å². The monoisotopic (exact) mass is 386 g/mol. The largest absolute Gasteiger partial charge is 0.220 e. The zero-order valence-electron chi connectivity index (χ0n) is 19.1. The average Bonchev–Trinajstić information content (AvgIpc) is 2.69. The maximum Gasteiger partial charge on any atom is 0.220 e. The Labute approximate surface area is 176 Å². The molecule has 0 bridgehead atoms. The van der Waals surface area contributed by atoms with Crippen LogP contribution in [0.15, 0.2) is 42.5 Å². The molecular weight excluding hydrogens is 350 g/mol. The van der Waals surface area contributed by atoms with E-state index in [1.54, 1.807) is 0 Å². The van der Waals surface area contributed by atoms with E-state index in [2.05, 4.69) is 88.7 Å². The van der Waals surface area contributed by atoms with Gasteiger partial charge in [-0.3, -0.25) is 0 Å². The molecule has 1 saturated carbocycles. The number of hydrogen-bond acceptors (Lipinski definition) is 0. The third kappa shape index (κ3) is 3.84. The Morgan fingerprint density at radius 1 is 0.862 bits per heavy atom.